The maximum atomic E-state index is 13.3. The second kappa shape index (κ2) is 22.6. The van der Waals surface area contributed by atoms with Crippen molar-refractivity contribution in [2.75, 3.05) is 37.1 Å². The first kappa shape index (κ1) is 48.3. The van der Waals surface area contributed by atoms with Gasteiger partial charge in [-0.3, -0.25) is 14.4 Å². The van der Waals surface area contributed by atoms with Gasteiger partial charge in [0.25, 0.3) is 0 Å². The molecule has 21 heteroatoms. The van der Waals surface area contributed by atoms with Crippen LogP contribution >= 0.6 is 35.3 Å². The van der Waals surface area contributed by atoms with E-state index in [-0.39, 0.29) is 36.5 Å². The number of ether oxygens (including phenoxy) is 6. The van der Waals surface area contributed by atoms with Crippen LogP contribution in [-0.2, 0) is 62.4 Å². The van der Waals surface area contributed by atoms with Gasteiger partial charge in [-0.2, -0.15) is 0 Å². The molecule has 0 aromatic carbocycles. The topological polar surface area (TPSA) is 224 Å². The third-order valence-electron chi connectivity index (χ3n) is 5.87. The number of nitrogens with zero attached hydrogens (tertiary/aromatic N) is 3. The monoisotopic (exact) mass is 825 g/mol. The van der Waals surface area contributed by atoms with Crippen LogP contribution in [0, 0.1) is 0 Å². The molecule has 0 saturated carbocycles. The lowest BCUT2D eigenvalue weighted by Crippen LogP contribution is -2.55. The number of thioether (sulfide) groups is 3. The van der Waals surface area contributed by atoms with Crippen LogP contribution in [0.25, 0.3) is 0 Å². The Labute approximate surface area is 325 Å². The zero-order valence-electron chi connectivity index (χ0n) is 32.2. The molecule has 0 fully saturated rings. The summed E-state index contributed by atoms with van der Waals surface area (Å²) in [6, 6.07) is 0. The molecule has 0 unspecified atom stereocenters. The van der Waals surface area contributed by atoms with Crippen molar-refractivity contribution in [3.8, 4) is 0 Å². The summed E-state index contributed by atoms with van der Waals surface area (Å²) in [4.78, 5) is 112. The standard InChI is InChI=1S/C33H51N3O15S3/c1-31(2,3)49-28(43)52-19-10-22(37)46-16-13-34-25(40)35(14-17-47-23(38)11-20-53-29(44)50-32(4,5)6)27(42)36(26(34)41)15-18-48-24(39)12-21-54-30(45)51-33(7,8)9/h10-21H2,1-9H3. The molecular formula is C33H51N3O15S3. The first-order valence-electron chi connectivity index (χ1n) is 16.9. The summed E-state index contributed by atoms with van der Waals surface area (Å²) in [6.45, 7) is 12.6. The molecule has 1 aromatic heterocycles. The number of aromatic nitrogens is 3. The third kappa shape index (κ3) is 21.2. The molecule has 54 heavy (non-hydrogen) atoms. The lowest BCUT2D eigenvalue weighted by atomic mass is 10.2. The largest absolute Gasteiger partial charge is 0.464 e. The molecule has 0 radical (unpaired) electrons. The summed E-state index contributed by atoms with van der Waals surface area (Å²) >= 11 is 2.34. The Morgan fingerprint density at radius 1 is 0.444 bits per heavy atom. The van der Waals surface area contributed by atoms with Crippen molar-refractivity contribution < 1.29 is 57.2 Å². The summed E-state index contributed by atoms with van der Waals surface area (Å²) in [5.74, 6) is -1.99. The van der Waals surface area contributed by atoms with Gasteiger partial charge in [0.1, 0.15) is 36.6 Å². The van der Waals surface area contributed by atoms with Crippen LogP contribution in [0.3, 0.4) is 0 Å². The van der Waals surface area contributed by atoms with Gasteiger partial charge in [0.05, 0.1) is 38.9 Å². The van der Waals surface area contributed by atoms with Gasteiger partial charge in [-0.05, 0) is 97.6 Å². The van der Waals surface area contributed by atoms with Gasteiger partial charge >= 0.3 is 50.9 Å². The first-order chi connectivity index (χ1) is 24.9. The van der Waals surface area contributed by atoms with Crippen LogP contribution in [0.15, 0.2) is 14.4 Å². The Morgan fingerprint density at radius 3 is 0.870 bits per heavy atom. The highest BCUT2D eigenvalue weighted by atomic mass is 32.2. The highest BCUT2D eigenvalue weighted by Gasteiger charge is 2.21. The molecule has 0 bridgehead atoms. The molecule has 0 aliphatic rings. The van der Waals surface area contributed by atoms with Crippen molar-refractivity contribution in [1.82, 2.24) is 13.7 Å². The second-order valence-electron chi connectivity index (χ2n) is 14.2. The van der Waals surface area contributed by atoms with Crippen molar-refractivity contribution in [3.05, 3.63) is 31.5 Å². The number of hydrogen-bond acceptors (Lipinski definition) is 18. The fourth-order valence-corrected chi connectivity index (χ4v) is 5.95. The minimum absolute atomic E-state index is 0.0577. The average molecular weight is 826 g/mol. The quantitative estimate of drug-likeness (QED) is 0.151. The lowest BCUT2D eigenvalue weighted by Gasteiger charge is -2.18. The van der Waals surface area contributed by atoms with E-state index in [1.165, 1.54) is 0 Å². The number of esters is 3. The van der Waals surface area contributed by atoms with Crippen molar-refractivity contribution in [3.63, 3.8) is 0 Å². The molecule has 1 aromatic rings. The van der Waals surface area contributed by atoms with Gasteiger partial charge in [-0.25, -0.2) is 42.5 Å². The van der Waals surface area contributed by atoms with E-state index in [2.05, 4.69) is 0 Å². The molecule has 0 spiro atoms. The van der Waals surface area contributed by atoms with Crippen molar-refractivity contribution in [1.29, 1.82) is 0 Å². The predicted octanol–water partition coefficient (Wildman–Crippen LogP) is 3.98. The molecule has 0 saturated heterocycles. The molecule has 0 aliphatic heterocycles. The van der Waals surface area contributed by atoms with E-state index < -0.39 is 107 Å². The Bertz CT molecular complexity index is 1430. The van der Waals surface area contributed by atoms with Crippen LogP contribution in [-0.4, -0.2) is 101 Å². The van der Waals surface area contributed by atoms with Gasteiger partial charge in [0, 0.05) is 17.3 Å². The van der Waals surface area contributed by atoms with Crippen molar-refractivity contribution >= 4 is 69.1 Å². The summed E-state index contributed by atoms with van der Waals surface area (Å²) in [5, 5.41) is -1.71. The van der Waals surface area contributed by atoms with E-state index in [1.54, 1.807) is 62.3 Å². The summed E-state index contributed by atoms with van der Waals surface area (Å²) in [7, 11) is 0. The number of carbonyl (C=O) groups is 6. The minimum atomic E-state index is -1.08. The fraction of sp³-hybridized carbons (Fsp3) is 0.727. The van der Waals surface area contributed by atoms with Crippen molar-refractivity contribution in [2.45, 2.75) is 118 Å². The molecule has 0 amide bonds. The number of hydrogen-bond donors (Lipinski definition) is 0. The minimum Gasteiger partial charge on any atom is -0.464 e. The highest BCUT2D eigenvalue weighted by Crippen LogP contribution is 2.17. The molecule has 0 aliphatic carbocycles. The maximum absolute atomic E-state index is 13.3. The molecule has 0 atom stereocenters. The van der Waals surface area contributed by atoms with E-state index in [0.29, 0.717) is 13.7 Å². The zero-order valence-corrected chi connectivity index (χ0v) is 34.6. The van der Waals surface area contributed by atoms with Gasteiger partial charge in [-0.15, -0.1) is 0 Å². The van der Waals surface area contributed by atoms with Gasteiger partial charge in [0.15, 0.2) is 0 Å². The summed E-state index contributed by atoms with van der Waals surface area (Å²) < 4.78 is 32.8. The van der Waals surface area contributed by atoms with Crippen LogP contribution in [0.2, 0.25) is 0 Å². The van der Waals surface area contributed by atoms with E-state index in [1.807, 2.05) is 0 Å². The van der Waals surface area contributed by atoms with E-state index >= 15 is 0 Å². The molecule has 306 valence electrons. The second-order valence-corrected chi connectivity index (χ2v) is 17.2. The molecule has 1 rings (SSSR count). The van der Waals surface area contributed by atoms with Gasteiger partial charge in [-0.1, -0.05) is 0 Å². The SMILES string of the molecule is CC(C)(C)OC(=O)SCCC(=O)OCCn1c(=O)n(CCOC(=O)CCSC(=O)OC(C)(C)C)c(=O)n(CCOC(=O)CCSC(=O)OC(C)(C)C)c1=O. The van der Waals surface area contributed by atoms with Crippen LogP contribution in [0.1, 0.15) is 81.6 Å². The third-order valence-corrected chi connectivity index (χ3v) is 8.05. The Balaban J connectivity index is 2.97. The molecule has 18 nitrogen and oxygen atoms in total. The van der Waals surface area contributed by atoms with Crippen LogP contribution < -0.4 is 17.1 Å². The van der Waals surface area contributed by atoms with E-state index in [4.69, 9.17) is 28.4 Å². The fourth-order valence-electron chi connectivity index (χ4n) is 3.72. The maximum Gasteiger partial charge on any atom is 0.367 e. The number of carbonyl (C=O) groups excluding carboxylic acids is 6. The highest BCUT2D eigenvalue weighted by molar-refractivity contribution is 8.13. The van der Waals surface area contributed by atoms with Gasteiger partial charge < -0.3 is 28.4 Å². The predicted molar refractivity (Wildman–Crippen MR) is 202 cm³/mol. The first-order valence-corrected chi connectivity index (χ1v) is 19.8. The Hall–Kier alpha value is -3.72. The normalized spacial score (nSPS) is 11.7. The van der Waals surface area contributed by atoms with E-state index in [9.17, 15) is 43.2 Å². The number of rotatable bonds is 18. The lowest BCUT2D eigenvalue weighted by molar-refractivity contribution is -0.144. The molecule has 1 heterocycles. The Kier molecular flexibility index (Phi) is 20.2. The Morgan fingerprint density at radius 2 is 0.667 bits per heavy atom. The van der Waals surface area contributed by atoms with E-state index in [0.717, 1.165) is 35.3 Å². The molecule has 0 N–H and O–H groups in total. The average Bonchev–Trinajstić information content (AvgIpc) is 2.99. The van der Waals surface area contributed by atoms with Crippen LogP contribution in [0.4, 0.5) is 14.4 Å². The van der Waals surface area contributed by atoms with Gasteiger partial charge in [0.2, 0.25) is 0 Å². The van der Waals surface area contributed by atoms with Crippen molar-refractivity contribution in [2.24, 2.45) is 0 Å². The zero-order chi connectivity index (χ0) is 41.3. The molecular weight excluding hydrogens is 775 g/mol. The summed E-state index contributed by atoms with van der Waals surface area (Å²) in [6.07, 6.45) is -0.524. The van der Waals surface area contributed by atoms with Crippen LogP contribution in [0.5, 0.6) is 0 Å². The smallest absolute Gasteiger partial charge is 0.367 e. The summed E-state index contributed by atoms with van der Waals surface area (Å²) in [5.41, 5.74) is -5.33.